The zero-order valence-electron chi connectivity index (χ0n) is 11.9. The van der Waals surface area contributed by atoms with Crippen molar-refractivity contribution in [2.45, 2.75) is 58.9 Å². The lowest BCUT2D eigenvalue weighted by atomic mass is 9.85. The van der Waals surface area contributed by atoms with Crippen LogP contribution in [0.2, 0.25) is 0 Å². The van der Waals surface area contributed by atoms with Crippen LogP contribution in [0.1, 0.15) is 52.9 Å². The topological polar surface area (TPSA) is 29.3 Å². The number of piperidine rings is 1. The van der Waals surface area contributed by atoms with Gasteiger partial charge in [-0.1, -0.05) is 27.2 Å². The van der Waals surface area contributed by atoms with Crippen molar-refractivity contribution >= 4 is 0 Å². The van der Waals surface area contributed by atoms with Crippen molar-refractivity contribution in [1.82, 2.24) is 4.90 Å². The molecule has 0 aromatic heterocycles. The summed E-state index contributed by atoms with van der Waals surface area (Å²) in [4.78, 5) is 2.68. The van der Waals surface area contributed by atoms with Crippen LogP contribution in [0, 0.1) is 17.3 Å². The van der Waals surface area contributed by atoms with E-state index < -0.39 is 0 Å². The number of hydrogen-bond donors (Lipinski definition) is 1. The quantitative estimate of drug-likeness (QED) is 0.819. The molecule has 17 heavy (non-hydrogen) atoms. The molecule has 2 heteroatoms. The summed E-state index contributed by atoms with van der Waals surface area (Å²) < 4.78 is 0. The number of hydrogen-bond acceptors (Lipinski definition) is 2. The second kappa shape index (κ2) is 5.27. The fourth-order valence-electron chi connectivity index (χ4n) is 3.73. The molecule has 1 heterocycles. The van der Waals surface area contributed by atoms with Gasteiger partial charge in [-0.25, -0.2) is 0 Å². The lowest BCUT2D eigenvalue weighted by Crippen LogP contribution is -2.44. The molecular formula is C15H30N2. The van der Waals surface area contributed by atoms with E-state index in [-0.39, 0.29) is 0 Å². The van der Waals surface area contributed by atoms with Crippen LogP contribution in [0.15, 0.2) is 0 Å². The molecule has 100 valence electrons. The van der Waals surface area contributed by atoms with E-state index in [1.165, 1.54) is 51.7 Å². The van der Waals surface area contributed by atoms with Crippen LogP contribution >= 0.6 is 0 Å². The highest BCUT2D eigenvalue weighted by Gasteiger charge is 2.40. The lowest BCUT2D eigenvalue weighted by molar-refractivity contribution is 0.139. The Labute approximate surface area is 107 Å². The molecule has 2 fully saturated rings. The van der Waals surface area contributed by atoms with Crippen LogP contribution in [-0.4, -0.2) is 30.6 Å². The molecule has 0 amide bonds. The van der Waals surface area contributed by atoms with Crippen molar-refractivity contribution in [2.24, 2.45) is 23.0 Å². The zero-order valence-corrected chi connectivity index (χ0v) is 11.9. The van der Waals surface area contributed by atoms with Crippen LogP contribution in [0.5, 0.6) is 0 Å². The van der Waals surface area contributed by atoms with Crippen LogP contribution in [0.3, 0.4) is 0 Å². The average molecular weight is 238 g/mol. The molecule has 0 bridgehead atoms. The third kappa shape index (κ3) is 3.03. The predicted molar refractivity (Wildman–Crippen MR) is 73.9 cm³/mol. The minimum atomic E-state index is 0.366. The van der Waals surface area contributed by atoms with Gasteiger partial charge in [0.05, 0.1) is 0 Å². The summed E-state index contributed by atoms with van der Waals surface area (Å²) in [5.41, 5.74) is 6.78. The van der Waals surface area contributed by atoms with Gasteiger partial charge in [-0.2, -0.15) is 0 Å². The first-order valence-corrected chi connectivity index (χ1v) is 7.51. The van der Waals surface area contributed by atoms with Gasteiger partial charge in [-0.3, -0.25) is 0 Å². The summed E-state index contributed by atoms with van der Waals surface area (Å²) in [6.07, 6.45) is 6.82. The highest BCUT2D eigenvalue weighted by Crippen LogP contribution is 2.40. The van der Waals surface area contributed by atoms with E-state index >= 15 is 0 Å². The van der Waals surface area contributed by atoms with Gasteiger partial charge in [0.2, 0.25) is 0 Å². The molecule has 3 atom stereocenters. The van der Waals surface area contributed by atoms with Crippen molar-refractivity contribution in [2.75, 3.05) is 19.6 Å². The first kappa shape index (κ1) is 13.4. The second-order valence-corrected chi connectivity index (χ2v) is 6.99. The fourth-order valence-corrected chi connectivity index (χ4v) is 3.73. The van der Waals surface area contributed by atoms with Gasteiger partial charge < -0.3 is 10.6 Å². The van der Waals surface area contributed by atoms with Gasteiger partial charge in [-0.05, 0) is 49.5 Å². The van der Waals surface area contributed by atoms with Gasteiger partial charge in [0.1, 0.15) is 0 Å². The van der Waals surface area contributed by atoms with Crippen LogP contribution < -0.4 is 5.73 Å². The average Bonchev–Trinajstić information content (AvgIpc) is 2.57. The normalized spacial score (nSPS) is 38.5. The predicted octanol–water partition coefficient (Wildman–Crippen LogP) is 2.87. The standard InChI is InChI=1S/C15H30N2/c1-4-12-6-5-9-17(10-12)11-13-7-8-15(2,3)14(13)16/h12-14H,4-11,16H2,1-3H3. The third-order valence-electron chi connectivity index (χ3n) is 5.24. The van der Waals surface area contributed by atoms with E-state index in [4.69, 9.17) is 5.73 Å². The van der Waals surface area contributed by atoms with E-state index in [0.29, 0.717) is 11.5 Å². The van der Waals surface area contributed by atoms with Gasteiger partial charge >= 0.3 is 0 Å². The van der Waals surface area contributed by atoms with Gasteiger partial charge in [0.25, 0.3) is 0 Å². The van der Waals surface area contributed by atoms with Crippen molar-refractivity contribution in [3.05, 3.63) is 0 Å². The minimum absolute atomic E-state index is 0.366. The van der Waals surface area contributed by atoms with Gasteiger partial charge in [0, 0.05) is 19.1 Å². The third-order valence-corrected chi connectivity index (χ3v) is 5.24. The highest BCUT2D eigenvalue weighted by molar-refractivity contribution is 4.95. The highest BCUT2D eigenvalue weighted by atomic mass is 15.1. The minimum Gasteiger partial charge on any atom is -0.327 e. The van der Waals surface area contributed by atoms with Gasteiger partial charge in [-0.15, -0.1) is 0 Å². The van der Waals surface area contributed by atoms with Crippen molar-refractivity contribution < 1.29 is 0 Å². The Morgan fingerprint density at radius 3 is 2.65 bits per heavy atom. The fraction of sp³-hybridized carbons (Fsp3) is 1.00. The number of likely N-dealkylation sites (tertiary alicyclic amines) is 1. The molecule has 0 spiro atoms. The van der Waals surface area contributed by atoms with E-state index in [9.17, 15) is 0 Å². The van der Waals surface area contributed by atoms with E-state index in [1.54, 1.807) is 0 Å². The Morgan fingerprint density at radius 2 is 2.06 bits per heavy atom. The summed E-state index contributed by atoms with van der Waals surface area (Å²) in [5, 5.41) is 0. The zero-order chi connectivity index (χ0) is 12.5. The number of rotatable bonds is 3. The second-order valence-electron chi connectivity index (χ2n) is 6.99. The Balaban J connectivity index is 1.85. The molecule has 0 radical (unpaired) electrons. The van der Waals surface area contributed by atoms with Crippen molar-refractivity contribution in [3.8, 4) is 0 Å². The maximum absolute atomic E-state index is 6.41. The van der Waals surface area contributed by atoms with Crippen molar-refractivity contribution in [3.63, 3.8) is 0 Å². The molecule has 3 unspecified atom stereocenters. The molecule has 2 N–H and O–H groups in total. The molecule has 1 aliphatic heterocycles. The molecule has 2 rings (SSSR count). The van der Waals surface area contributed by atoms with Gasteiger partial charge in [0.15, 0.2) is 0 Å². The monoisotopic (exact) mass is 238 g/mol. The SMILES string of the molecule is CCC1CCCN(CC2CCC(C)(C)C2N)C1. The summed E-state index contributed by atoms with van der Waals surface area (Å²) in [6, 6.07) is 0.407. The molecule has 2 nitrogen and oxygen atoms in total. The summed E-state index contributed by atoms with van der Waals surface area (Å²) >= 11 is 0. The van der Waals surface area contributed by atoms with E-state index in [0.717, 1.165) is 11.8 Å². The Kier molecular flexibility index (Phi) is 4.14. The summed E-state index contributed by atoms with van der Waals surface area (Å²) in [5.74, 6) is 1.68. The maximum atomic E-state index is 6.41. The van der Waals surface area contributed by atoms with E-state index in [2.05, 4.69) is 25.7 Å². The summed E-state index contributed by atoms with van der Waals surface area (Å²) in [6.45, 7) is 10.9. The number of nitrogens with zero attached hydrogens (tertiary/aromatic N) is 1. The molecule has 2 aliphatic rings. The summed E-state index contributed by atoms with van der Waals surface area (Å²) in [7, 11) is 0. The first-order chi connectivity index (χ1) is 8.03. The van der Waals surface area contributed by atoms with E-state index in [1.807, 2.05) is 0 Å². The van der Waals surface area contributed by atoms with Crippen LogP contribution in [0.4, 0.5) is 0 Å². The van der Waals surface area contributed by atoms with Crippen LogP contribution in [0.25, 0.3) is 0 Å². The Bertz CT molecular complexity index is 249. The largest absolute Gasteiger partial charge is 0.327 e. The van der Waals surface area contributed by atoms with Crippen LogP contribution in [-0.2, 0) is 0 Å². The Hall–Kier alpha value is -0.0800. The molecule has 1 aliphatic carbocycles. The number of nitrogens with two attached hydrogens (primary N) is 1. The smallest absolute Gasteiger partial charge is 0.0131 e. The molecule has 0 aromatic rings. The first-order valence-electron chi connectivity index (χ1n) is 7.51. The Morgan fingerprint density at radius 1 is 1.29 bits per heavy atom. The van der Waals surface area contributed by atoms with Crippen molar-refractivity contribution in [1.29, 1.82) is 0 Å². The molecular weight excluding hydrogens is 208 g/mol. The maximum Gasteiger partial charge on any atom is 0.0131 e. The molecule has 0 aromatic carbocycles. The molecule has 1 saturated heterocycles. The lowest BCUT2D eigenvalue weighted by Gasteiger charge is -2.36. The molecule has 1 saturated carbocycles.